The Labute approximate surface area is 166 Å². The number of H-pyrrole nitrogens is 1. The second-order valence-corrected chi connectivity index (χ2v) is 7.17. The van der Waals surface area contributed by atoms with Crippen molar-refractivity contribution < 1.29 is 9.50 Å². The highest BCUT2D eigenvalue weighted by Gasteiger charge is 2.25. The van der Waals surface area contributed by atoms with Crippen molar-refractivity contribution in [3.63, 3.8) is 0 Å². The molecule has 7 nitrogen and oxygen atoms in total. The molecule has 4 N–H and O–H groups in total. The van der Waals surface area contributed by atoms with Gasteiger partial charge in [-0.05, 0) is 37.0 Å². The summed E-state index contributed by atoms with van der Waals surface area (Å²) in [5, 5.41) is 23.3. The maximum atomic E-state index is 13.2. The smallest absolute Gasteiger partial charge is 0.225 e. The Kier molecular flexibility index (Phi) is 5.40. The standard InChI is InChI=1S/C19H20ClFN6O/c20-14-10-22-19(23-15(7-8-28)11-3-5-13(21)6-4-11)25-18(14)24-17-9-16(26-27-17)12-1-2-12/h3-6,9-10,12,15,28H,1-2,7-8H2,(H3,22,23,24,25,26,27)/t15-/m0/s1. The minimum Gasteiger partial charge on any atom is -0.396 e. The summed E-state index contributed by atoms with van der Waals surface area (Å²) in [5.41, 5.74) is 1.93. The Hall–Kier alpha value is -2.71. The number of rotatable bonds is 8. The Morgan fingerprint density at radius 3 is 2.79 bits per heavy atom. The number of aromatic nitrogens is 4. The van der Waals surface area contributed by atoms with Crippen molar-refractivity contribution in [1.82, 2.24) is 20.2 Å². The van der Waals surface area contributed by atoms with E-state index in [0.29, 0.717) is 34.9 Å². The molecule has 9 heteroatoms. The molecule has 0 radical (unpaired) electrons. The number of aliphatic hydroxyl groups is 1. The average molecular weight is 403 g/mol. The molecule has 1 atom stereocenters. The molecule has 1 saturated carbocycles. The molecule has 3 aromatic rings. The first-order valence-corrected chi connectivity index (χ1v) is 9.48. The van der Waals surface area contributed by atoms with Crippen molar-refractivity contribution in [2.24, 2.45) is 0 Å². The van der Waals surface area contributed by atoms with Gasteiger partial charge in [0, 0.05) is 24.3 Å². The number of benzene rings is 1. The van der Waals surface area contributed by atoms with E-state index in [9.17, 15) is 9.50 Å². The van der Waals surface area contributed by atoms with Crippen molar-refractivity contribution in [2.45, 2.75) is 31.2 Å². The Bertz CT molecular complexity index is 944. The molecular weight excluding hydrogens is 383 g/mol. The van der Waals surface area contributed by atoms with E-state index in [-0.39, 0.29) is 18.5 Å². The molecule has 0 spiro atoms. The zero-order valence-electron chi connectivity index (χ0n) is 15.0. The van der Waals surface area contributed by atoms with E-state index in [1.807, 2.05) is 6.07 Å². The van der Waals surface area contributed by atoms with Gasteiger partial charge in [-0.3, -0.25) is 5.10 Å². The van der Waals surface area contributed by atoms with Gasteiger partial charge in [-0.2, -0.15) is 10.1 Å². The summed E-state index contributed by atoms with van der Waals surface area (Å²) in [4.78, 5) is 8.64. The van der Waals surface area contributed by atoms with Crippen LogP contribution in [0.3, 0.4) is 0 Å². The highest BCUT2D eigenvalue weighted by Crippen LogP contribution is 2.39. The molecule has 1 aromatic carbocycles. The van der Waals surface area contributed by atoms with Crippen LogP contribution in [0.2, 0.25) is 5.02 Å². The van der Waals surface area contributed by atoms with Crippen molar-refractivity contribution in [3.05, 3.63) is 58.6 Å². The van der Waals surface area contributed by atoms with Crippen molar-refractivity contribution in [1.29, 1.82) is 0 Å². The highest BCUT2D eigenvalue weighted by molar-refractivity contribution is 6.32. The quantitative estimate of drug-likeness (QED) is 0.452. The molecule has 0 unspecified atom stereocenters. The summed E-state index contributed by atoms with van der Waals surface area (Å²) in [5.74, 6) is 1.66. The van der Waals surface area contributed by atoms with Gasteiger partial charge < -0.3 is 15.7 Å². The first-order chi connectivity index (χ1) is 13.6. The minimum atomic E-state index is -0.315. The molecule has 2 aromatic heterocycles. The Balaban J connectivity index is 1.51. The summed E-state index contributed by atoms with van der Waals surface area (Å²) >= 11 is 6.23. The molecule has 0 amide bonds. The van der Waals surface area contributed by atoms with Gasteiger partial charge in [0.05, 0.1) is 12.2 Å². The van der Waals surface area contributed by atoms with Crippen LogP contribution in [0.5, 0.6) is 0 Å². The lowest BCUT2D eigenvalue weighted by Gasteiger charge is -2.19. The van der Waals surface area contributed by atoms with Gasteiger partial charge in [0.2, 0.25) is 5.95 Å². The normalized spacial score (nSPS) is 14.7. The molecule has 1 fully saturated rings. The second-order valence-electron chi connectivity index (χ2n) is 6.76. The number of aromatic amines is 1. The molecule has 0 saturated heterocycles. The van der Waals surface area contributed by atoms with Crippen molar-refractivity contribution >= 4 is 29.2 Å². The van der Waals surface area contributed by atoms with Crippen LogP contribution in [0.15, 0.2) is 36.5 Å². The monoisotopic (exact) mass is 402 g/mol. The van der Waals surface area contributed by atoms with E-state index < -0.39 is 0 Å². The van der Waals surface area contributed by atoms with Crippen LogP contribution in [0.25, 0.3) is 0 Å². The van der Waals surface area contributed by atoms with Crippen LogP contribution in [0, 0.1) is 5.82 Å². The third-order valence-electron chi connectivity index (χ3n) is 4.60. The molecular formula is C19H20ClFN6O. The van der Waals surface area contributed by atoms with Crippen LogP contribution in [0.4, 0.5) is 22.0 Å². The largest absolute Gasteiger partial charge is 0.396 e. The third-order valence-corrected chi connectivity index (χ3v) is 4.88. The highest BCUT2D eigenvalue weighted by atomic mass is 35.5. The zero-order chi connectivity index (χ0) is 19.5. The van der Waals surface area contributed by atoms with Crippen LogP contribution < -0.4 is 10.6 Å². The van der Waals surface area contributed by atoms with Crippen LogP contribution >= 0.6 is 11.6 Å². The van der Waals surface area contributed by atoms with Gasteiger partial charge >= 0.3 is 0 Å². The van der Waals surface area contributed by atoms with E-state index >= 15 is 0 Å². The fraction of sp³-hybridized carbons (Fsp3) is 0.316. The predicted molar refractivity (Wildman–Crippen MR) is 105 cm³/mol. The average Bonchev–Trinajstić information content (AvgIpc) is 3.44. The van der Waals surface area contributed by atoms with Gasteiger partial charge in [-0.1, -0.05) is 23.7 Å². The molecule has 2 heterocycles. The number of aliphatic hydroxyl groups excluding tert-OH is 1. The number of halogens is 2. The number of nitrogens with one attached hydrogen (secondary N) is 3. The van der Waals surface area contributed by atoms with Crippen LogP contribution in [-0.4, -0.2) is 31.9 Å². The van der Waals surface area contributed by atoms with Crippen LogP contribution in [-0.2, 0) is 0 Å². The minimum absolute atomic E-state index is 0.0368. The summed E-state index contributed by atoms with van der Waals surface area (Å²) in [6.07, 6.45) is 4.28. The van der Waals surface area contributed by atoms with Gasteiger partial charge in [0.25, 0.3) is 0 Å². The number of hydrogen-bond donors (Lipinski definition) is 4. The lowest BCUT2D eigenvalue weighted by Crippen LogP contribution is -2.15. The number of nitrogens with zero attached hydrogens (tertiary/aromatic N) is 3. The van der Waals surface area contributed by atoms with Crippen LogP contribution in [0.1, 0.15) is 42.5 Å². The lowest BCUT2D eigenvalue weighted by atomic mass is 10.0. The van der Waals surface area contributed by atoms with E-state index in [1.54, 1.807) is 12.1 Å². The fourth-order valence-electron chi connectivity index (χ4n) is 2.95. The maximum absolute atomic E-state index is 13.2. The van der Waals surface area contributed by atoms with Gasteiger partial charge in [-0.15, -0.1) is 0 Å². The van der Waals surface area contributed by atoms with Crippen molar-refractivity contribution in [3.8, 4) is 0 Å². The van der Waals surface area contributed by atoms with Gasteiger partial charge in [-0.25, -0.2) is 9.37 Å². The first kappa shape index (κ1) is 18.6. The molecule has 0 bridgehead atoms. The van der Waals surface area contributed by atoms with E-state index in [0.717, 1.165) is 11.3 Å². The topological polar surface area (TPSA) is 98.8 Å². The molecule has 146 valence electrons. The fourth-order valence-corrected chi connectivity index (χ4v) is 3.09. The zero-order valence-corrected chi connectivity index (χ0v) is 15.7. The molecule has 1 aliphatic carbocycles. The summed E-state index contributed by atoms with van der Waals surface area (Å²) in [6, 6.07) is 7.78. The third kappa shape index (κ3) is 4.40. The Morgan fingerprint density at radius 2 is 2.07 bits per heavy atom. The first-order valence-electron chi connectivity index (χ1n) is 9.10. The lowest BCUT2D eigenvalue weighted by molar-refractivity contribution is 0.280. The second kappa shape index (κ2) is 8.12. The van der Waals surface area contributed by atoms with E-state index in [4.69, 9.17) is 11.6 Å². The van der Waals surface area contributed by atoms with Crippen molar-refractivity contribution in [2.75, 3.05) is 17.2 Å². The molecule has 1 aliphatic rings. The molecule has 0 aliphatic heterocycles. The van der Waals surface area contributed by atoms with E-state index in [2.05, 4.69) is 30.8 Å². The number of anilines is 3. The van der Waals surface area contributed by atoms with Gasteiger partial charge in [0.15, 0.2) is 11.6 Å². The summed E-state index contributed by atoms with van der Waals surface area (Å²) in [6.45, 7) is -0.0368. The predicted octanol–water partition coefficient (Wildman–Crippen LogP) is 4.15. The Morgan fingerprint density at radius 1 is 1.29 bits per heavy atom. The summed E-state index contributed by atoms with van der Waals surface area (Å²) < 4.78 is 13.2. The SMILES string of the molecule is OCC[C@H](Nc1ncc(Cl)c(Nc2cc(C3CC3)[nH]n2)n1)c1ccc(F)cc1. The van der Waals surface area contributed by atoms with Gasteiger partial charge in [0.1, 0.15) is 10.8 Å². The maximum Gasteiger partial charge on any atom is 0.225 e. The van der Waals surface area contributed by atoms with E-state index in [1.165, 1.54) is 31.2 Å². The molecule has 4 rings (SSSR count). The summed E-state index contributed by atoms with van der Waals surface area (Å²) in [7, 11) is 0. The number of hydrogen-bond acceptors (Lipinski definition) is 6. The molecule has 28 heavy (non-hydrogen) atoms.